The van der Waals surface area contributed by atoms with Crippen LogP contribution < -0.4 is 0 Å². The molecule has 1 aromatic rings. The van der Waals surface area contributed by atoms with E-state index in [4.69, 9.17) is 0 Å². The average Bonchev–Trinajstić information content (AvgIpc) is 2.51. The van der Waals surface area contributed by atoms with Gasteiger partial charge in [0.25, 0.3) is 0 Å². The van der Waals surface area contributed by atoms with Crippen molar-refractivity contribution in [1.82, 2.24) is 5.01 Å². The second-order valence-electron chi connectivity index (χ2n) is 3.54. The van der Waals surface area contributed by atoms with Crippen LogP contribution in [0.25, 0.3) is 0 Å². The van der Waals surface area contributed by atoms with Crippen molar-refractivity contribution in [2.45, 2.75) is 19.4 Å². The lowest BCUT2D eigenvalue weighted by molar-refractivity contribution is 0.290. The maximum atomic E-state index is 4.23. The topological polar surface area (TPSA) is 15.6 Å². The standard InChI is InChI=1S/C11H14N2/c1-9-4-3-5-10(8-9)11-6-7-12-13(11)2/h3-5,7-8,11H,6H2,1-2H3. The first-order valence-corrected chi connectivity index (χ1v) is 4.59. The predicted molar refractivity (Wildman–Crippen MR) is 54.8 cm³/mol. The SMILES string of the molecule is Cc1cccc(C2CC=NN2C)c1. The van der Waals surface area contributed by atoms with Crippen LogP contribution in [0.4, 0.5) is 0 Å². The molecule has 0 aliphatic carbocycles. The molecule has 0 saturated heterocycles. The number of hydrogen-bond acceptors (Lipinski definition) is 2. The normalized spacial score (nSPS) is 21.1. The van der Waals surface area contributed by atoms with Crippen molar-refractivity contribution in [2.24, 2.45) is 5.10 Å². The highest BCUT2D eigenvalue weighted by Crippen LogP contribution is 2.26. The van der Waals surface area contributed by atoms with E-state index < -0.39 is 0 Å². The van der Waals surface area contributed by atoms with Crippen LogP contribution in [0.5, 0.6) is 0 Å². The summed E-state index contributed by atoms with van der Waals surface area (Å²) in [5.74, 6) is 0. The first-order chi connectivity index (χ1) is 6.27. The third kappa shape index (κ3) is 1.57. The molecule has 0 aromatic heterocycles. The Hall–Kier alpha value is -1.31. The Balaban J connectivity index is 2.26. The van der Waals surface area contributed by atoms with Gasteiger partial charge in [-0.1, -0.05) is 29.8 Å². The van der Waals surface area contributed by atoms with Gasteiger partial charge < -0.3 is 0 Å². The fourth-order valence-electron chi connectivity index (χ4n) is 1.74. The second-order valence-corrected chi connectivity index (χ2v) is 3.54. The quantitative estimate of drug-likeness (QED) is 0.638. The van der Waals surface area contributed by atoms with Crippen LogP contribution in [0.1, 0.15) is 23.6 Å². The first kappa shape index (κ1) is 8.30. The molecule has 1 unspecified atom stereocenters. The molecule has 13 heavy (non-hydrogen) atoms. The van der Waals surface area contributed by atoms with Crippen LogP contribution in [0.2, 0.25) is 0 Å². The molecule has 2 nitrogen and oxygen atoms in total. The Morgan fingerprint density at radius 1 is 1.46 bits per heavy atom. The Kier molecular flexibility index (Phi) is 2.05. The summed E-state index contributed by atoms with van der Waals surface area (Å²) in [6.07, 6.45) is 3.01. The highest BCUT2D eigenvalue weighted by Gasteiger charge is 2.18. The van der Waals surface area contributed by atoms with Gasteiger partial charge in [-0.05, 0) is 12.5 Å². The van der Waals surface area contributed by atoms with Crippen LogP contribution in [0.15, 0.2) is 29.4 Å². The van der Waals surface area contributed by atoms with E-state index in [1.54, 1.807) is 0 Å². The number of nitrogens with zero attached hydrogens (tertiary/aromatic N) is 2. The van der Waals surface area contributed by atoms with Gasteiger partial charge in [0.15, 0.2) is 0 Å². The minimum atomic E-state index is 0.444. The maximum Gasteiger partial charge on any atom is 0.0766 e. The monoisotopic (exact) mass is 174 g/mol. The van der Waals surface area contributed by atoms with Crippen molar-refractivity contribution in [3.8, 4) is 0 Å². The zero-order chi connectivity index (χ0) is 9.26. The molecule has 0 saturated carbocycles. The van der Waals surface area contributed by atoms with Gasteiger partial charge in [-0.3, -0.25) is 5.01 Å². The van der Waals surface area contributed by atoms with Crippen molar-refractivity contribution in [1.29, 1.82) is 0 Å². The summed E-state index contributed by atoms with van der Waals surface area (Å²) in [5, 5.41) is 6.25. The summed E-state index contributed by atoms with van der Waals surface area (Å²) in [6.45, 7) is 2.12. The minimum absolute atomic E-state index is 0.444. The predicted octanol–water partition coefficient (Wildman–Crippen LogP) is 2.36. The van der Waals surface area contributed by atoms with Crippen molar-refractivity contribution in [2.75, 3.05) is 7.05 Å². The van der Waals surface area contributed by atoms with Gasteiger partial charge in [0.2, 0.25) is 0 Å². The number of benzene rings is 1. The molecule has 0 radical (unpaired) electrons. The van der Waals surface area contributed by atoms with E-state index in [0.717, 1.165) is 6.42 Å². The van der Waals surface area contributed by atoms with Gasteiger partial charge in [-0.15, -0.1) is 0 Å². The molecule has 68 valence electrons. The molecular formula is C11H14N2. The molecule has 0 amide bonds. The van der Waals surface area contributed by atoms with Crippen LogP contribution in [0, 0.1) is 6.92 Å². The molecule has 2 rings (SSSR count). The van der Waals surface area contributed by atoms with Crippen LogP contribution >= 0.6 is 0 Å². The van der Waals surface area contributed by atoms with E-state index in [1.807, 2.05) is 18.3 Å². The average molecular weight is 174 g/mol. The Morgan fingerprint density at radius 3 is 2.92 bits per heavy atom. The lowest BCUT2D eigenvalue weighted by Crippen LogP contribution is -2.13. The van der Waals surface area contributed by atoms with E-state index in [0.29, 0.717) is 6.04 Å². The molecule has 1 aromatic carbocycles. The third-order valence-corrected chi connectivity index (χ3v) is 2.47. The molecule has 1 aliphatic rings. The van der Waals surface area contributed by atoms with Crippen molar-refractivity contribution in [3.63, 3.8) is 0 Å². The van der Waals surface area contributed by atoms with E-state index in [1.165, 1.54) is 11.1 Å². The lowest BCUT2D eigenvalue weighted by Gasteiger charge is -2.19. The van der Waals surface area contributed by atoms with E-state index in [9.17, 15) is 0 Å². The highest BCUT2D eigenvalue weighted by atomic mass is 15.5. The van der Waals surface area contributed by atoms with Crippen molar-refractivity contribution < 1.29 is 0 Å². The van der Waals surface area contributed by atoms with Crippen molar-refractivity contribution >= 4 is 6.21 Å². The van der Waals surface area contributed by atoms with Crippen molar-refractivity contribution in [3.05, 3.63) is 35.4 Å². The zero-order valence-electron chi connectivity index (χ0n) is 8.07. The first-order valence-electron chi connectivity index (χ1n) is 4.59. The molecule has 1 heterocycles. The summed E-state index contributed by atoms with van der Waals surface area (Å²) in [5.41, 5.74) is 2.68. The molecule has 2 heteroatoms. The molecule has 1 atom stereocenters. The van der Waals surface area contributed by atoms with E-state index in [2.05, 4.69) is 36.3 Å². The molecule has 0 fully saturated rings. The van der Waals surface area contributed by atoms with Gasteiger partial charge >= 0.3 is 0 Å². The Bertz CT molecular complexity index is 331. The lowest BCUT2D eigenvalue weighted by atomic mass is 10.0. The largest absolute Gasteiger partial charge is 0.293 e. The van der Waals surface area contributed by atoms with E-state index >= 15 is 0 Å². The smallest absolute Gasteiger partial charge is 0.0766 e. The molecule has 0 spiro atoms. The fraction of sp³-hybridized carbons (Fsp3) is 0.364. The van der Waals surface area contributed by atoms with Crippen LogP contribution in [0.3, 0.4) is 0 Å². The molecule has 1 aliphatic heterocycles. The summed E-state index contributed by atoms with van der Waals surface area (Å²) in [7, 11) is 2.02. The second kappa shape index (κ2) is 3.21. The highest BCUT2D eigenvalue weighted by molar-refractivity contribution is 5.60. The minimum Gasteiger partial charge on any atom is -0.293 e. The zero-order valence-corrected chi connectivity index (χ0v) is 8.07. The Morgan fingerprint density at radius 2 is 2.31 bits per heavy atom. The summed E-state index contributed by atoms with van der Waals surface area (Å²) >= 11 is 0. The van der Waals surface area contributed by atoms with Gasteiger partial charge in [0.1, 0.15) is 0 Å². The van der Waals surface area contributed by atoms with Crippen LogP contribution in [-0.2, 0) is 0 Å². The number of hydrogen-bond donors (Lipinski definition) is 0. The number of rotatable bonds is 1. The number of aryl methyl sites for hydroxylation is 1. The van der Waals surface area contributed by atoms with Gasteiger partial charge in [-0.2, -0.15) is 5.10 Å². The maximum absolute atomic E-state index is 4.23. The third-order valence-electron chi connectivity index (χ3n) is 2.47. The van der Waals surface area contributed by atoms with Gasteiger partial charge in [0, 0.05) is 19.7 Å². The van der Waals surface area contributed by atoms with E-state index in [-0.39, 0.29) is 0 Å². The Labute approximate surface area is 78.9 Å². The van der Waals surface area contributed by atoms with Gasteiger partial charge in [0.05, 0.1) is 6.04 Å². The summed E-state index contributed by atoms with van der Waals surface area (Å²) in [6, 6.07) is 9.08. The van der Waals surface area contributed by atoms with Gasteiger partial charge in [-0.25, -0.2) is 0 Å². The summed E-state index contributed by atoms with van der Waals surface area (Å²) < 4.78 is 0. The fourth-order valence-corrected chi connectivity index (χ4v) is 1.74. The molecular weight excluding hydrogens is 160 g/mol. The number of hydrazone groups is 1. The molecule has 0 N–H and O–H groups in total. The molecule has 0 bridgehead atoms. The summed E-state index contributed by atoms with van der Waals surface area (Å²) in [4.78, 5) is 0. The van der Waals surface area contributed by atoms with Crippen LogP contribution in [-0.4, -0.2) is 18.3 Å².